The number of hydrogen-bond donors (Lipinski definition) is 1. The normalized spacial score (nSPS) is 12.0. The molecule has 3 aromatic carbocycles. The minimum atomic E-state index is -4.18. The third-order valence-corrected chi connectivity index (χ3v) is 8.01. The summed E-state index contributed by atoms with van der Waals surface area (Å²) in [6.45, 7) is 5.33. The molecule has 1 atom stereocenters. The fourth-order valence-corrected chi connectivity index (χ4v) is 5.52. The number of carbonyl (C=O) groups excluding carboxylic acids is 2. The zero-order valence-electron chi connectivity index (χ0n) is 20.8. The lowest BCUT2D eigenvalue weighted by Crippen LogP contribution is -2.51. The van der Waals surface area contributed by atoms with Crippen molar-refractivity contribution >= 4 is 50.7 Å². The van der Waals surface area contributed by atoms with Crippen molar-refractivity contribution in [3.8, 4) is 0 Å². The van der Waals surface area contributed by atoms with Crippen molar-refractivity contribution < 1.29 is 18.0 Å². The van der Waals surface area contributed by atoms with Crippen molar-refractivity contribution in [2.45, 2.75) is 38.3 Å². The number of sulfonamides is 1. The summed E-state index contributed by atoms with van der Waals surface area (Å²) in [4.78, 5) is 27.8. The van der Waals surface area contributed by atoms with Gasteiger partial charge < -0.3 is 10.2 Å². The molecular formula is C27H29Cl2N3O4S. The highest BCUT2D eigenvalue weighted by molar-refractivity contribution is 7.92. The number of nitrogens with zero attached hydrogens (tertiary/aromatic N) is 2. The van der Waals surface area contributed by atoms with Crippen molar-refractivity contribution in [3.63, 3.8) is 0 Å². The fraction of sp³-hybridized carbons (Fsp3) is 0.259. The number of aryl methyl sites for hydroxylation is 1. The highest BCUT2D eigenvalue weighted by Crippen LogP contribution is 2.27. The predicted octanol–water partition coefficient (Wildman–Crippen LogP) is 5.05. The maximum absolute atomic E-state index is 13.8. The van der Waals surface area contributed by atoms with Gasteiger partial charge in [0.2, 0.25) is 11.8 Å². The van der Waals surface area contributed by atoms with Crippen LogP contribution in [0.4, 0.5) is 5.69 Å². The van der Waals surface area contributed by atoms with Gasteiger partial charge >= 0.3 is 0 Å². The average Bonchev–Trinajstić information content (AvgIpc) is 2.85. The van der Waals surface area contributed by atoms with Crippen LogP contribution >= 0.6 is 23.2 Å². The minimum absolute atomic E-state index is 0.0355. The lowest BCUT2D eigenvalue weighted by atomic mass is 10.1. The van der Waals surface area contributed by atoms with Gasteiger partial charge in [0, 0.05) is 23.1 Å². The van der Waals surface area contributed by atoms with Gasteiger partial charge in [0.05, 0.1) is 10.6 Å². The molecule has 3 rings (SSSR count). The summed E-state index contributed by atoms with van der Waals surface area (Å²) in [7, 11) is -4.18. The van der Waals surface area contributed by atoms with Crippen molar-refractivity contribution in [3.05, 3.63) is 94.0 Å². The second-order valence-electron chi connectivity index (χ2n) is 8.53. The van der Waals surface area contributed by atoms with Crippen LogP contribution in [0.2, 0.25) is 10.0 Å². The molecule has 196 valence electrons. The summed E-state index contributed by atoms with van der Waals surface area (Å²) >= 11 is 12.1. The molecule has 1 N–H and O–H groups in total. The Bertz CT molecular complexity index is 1360. The summed E-state index contributed by atoms with van der Waals surface area (Å²) in [6, 6.07) is 18.7. The molecule has 37 heavy (non-hydrogen) atoms. The van der Waals surface area contributed by atoms with E-state index >= 15 is 0 Å². The molecule has 0 aliphatic rings. The van der Waals surface area contributed by atoms with Gasteiger partial charge in [-0.1, -0.05) is 59.1 Å². The topological polar surface area (TPSA) is 86.8 Å². The first-order chi connectivity index (χ1) is 17.5. The summed E-state index contributed by atoms with van der Waals surface area (Å²) in [5, 5.41) is 3.43. The second kappa shape index (κ2) is 12.4. The molecule has 0 heterocycles. The van der Waals surface area contributed by atoms with Crippen LogP contribution in [0.5, 0.6) is 0 Å². The number of amides is 2. The summed E-state index contributed by atoms with van der Waals surface area (Å²) < 4.78 is 28.4. The SMILES string of the molecule is CCNC(=O)[C@@H](C)N(Cc1cccc(C)c1)C(=O)CN(c1cccc(Cl)c1)S(=O)(=O)c1ccc(Cl)cc1. The van der Waals surface area contributed by atoms with Crippen LogP contribution in [0.15, 0.2) is 77.7 Å². The number of hydrogen-bond acceptors (Lipinski definition) is 4. The molecule has 0 spiro atoms. The lowest BCUT2D eigenvalue weighted by Gasteiger charge is -2.32. The van der Waals surface area contributed by atoms with Gasteiger partial charge in [-0.15, -0.1) is 0 Å². The molecule has 0 saturated heterocycles. The molecule has 0 saturated carbocycles. The van der Waals surface area contributed by atoms with Crippen LogP contribution in [-0.4, -0.2) is 44.3 Å². The van der Waals surface area contributed by atoms with E-state index < -0.39 is 28.5 Å². The Morgan fingerprint density at radius 2 is 1.62 bits per heavy atom. The maximum atomic E-state index is 13.8. The molecule has 0 fully saturated rings. The molecular weight excluding hydrogens is 533 g/mol. The van der Waals surface area contributed by atoms with Crippen molar-refractivity contribution in [2.24, 2.45) is 0 Å². The Labute approximate surface area is 228 Å². The van der Waals surface area contributed by atoms with Crippen molar-refractivity contribution in [1.29, 1.82) is 0 Å². The van der Waals surface area contributed by atoms with Crippen LogP contribution in [0.1, 0.15) is 25.0 Å². The standard InChI is InChI=1S/C27H29Cl2N3O4S/c1-4-30-27(34)20(3)31(17-21-8-5-7-19(2)15-21)26(33)18-32(24-10-6-9-23(29)16-24)37(35,36)25-13-11-22(28)12-14-25/h5-16,20H,4,17-18H2,1-3H3,(H,30,34)/t20-/m1/s1. The summed E-state index contributed by atoms with van der Waals surface area (Å²) in [5.74, 6) is -0.879. The van der Waals surface area contributed by atoms with E-state index in [0.717, 1.165) is 15.4 Å². The molecule has 3 aromatic rings. The zero-order valence-corrected chi connectivity index (χ0v) is 23.1. The van der Waals surface area contributed by atoms with E-state index in [4.69, 9.17) is 23.2 Å². The number of carbonyl (C=O) groups is 2. The van der Waals surface area contributed by atoms with Crippen molar-refractivity contribution in [2.75, 3.05) is 17.4 Å². The third-order valence-electron chi connectivity index (χ3n) is 5.73. The molecule has 0 aromatic heterocycles. The van der Waals surface area contributed by atoms with E-state index in [0.29, 0.717) is 16.6 Å². The van der Waals surface area contributed by atoms with E-state index in [2.05, 4.69) is 5.32 Å². The summed E-state index contributed by atoms with van der Waals surface area (Å²) in [6.07, 6.45) is 0. The van der Waals surface area contributed by atoms with Crippen LogP contribution in [0.3, 0.4) is 0 Å². The lowest BCUT2D eigenvalue weighted by molar-refractivity contribution is -0.139. The Kier molecular flexibility index (Phi) is 9.59. The quantitative estimate of drug-likeness (QED) is 0.375. The fourth-order valence-electron chi connectivity index (χ4n) is 3.81. The Morgan fingerprint density at radius 1 is 0.946 bits per heavy atom. The highest BCUT2D eigenvalue weighted by Gasteiger charge is 2.32. The van der Waals surface area contributed by atoms with Crippen LogP contribution in [0.25, 0.3) is 0 Å². The van der Waals surface area contributed by atoms with Crippen LogP contribution in [-0.2, 0) is 26.2 Å². The van der Waals surface area contributed by atoms with Gasteiger partial charge in [-0.05, 0) is 68.8 Å². The van der Waals surface area contributed by atoms with E-state index in [1.165, 1.54) is 35.2 Å². The molecule has 10 heteroatoms. The smallest absolute Gasteiger partial charge is 0.264 e. The van der Waals surface area contributed by atoms with Gasteiger partial charge in [0.1, 0.15) is 12.6 Å². The molecule has 0 unspecified atom stereocenters. The maximum Gasteiger partial charge on any atom is 0.264 e. The van der Waals surface area contributed by atoms with Crippen LogP contribution < -0.4 is 9.62 Å². The first kappa shape index (κ1) is 28.5. The molecule has 0 aliphatic heterocycles. The number of anilines is 1. The second-order valence-corrected chi connectivity index (χ2v) is 11.3. The van der Waals surface area contributed by atoms with Crippen LogP contribution in [0, 0.1) is 6.92 Å². The first-order valence-corrected chi connectivity index (χ1v) is 13.9. The number of halogens is 2. The summed E-state index contributed by atoms with van der Waals surface area (Å²) in [5.41, 5.74) is 2.04. The molecule has 0 aliphatic carbocycles. The van der Waals surface area contributed by atoms with Gasteiger partial charge in [0.15, 0.2) is 0 Å². The Balaban J connectivity index is 2.03. The molecule has 0 radical (unpaired) electrons. The number of likely N-dealkylation sites (N-methyl/N-ethyl adjacent to an activating group) is 1. The number of benzene rings is 3. The number of nitrogens with one attached hydrogen (secondary N) is 1. The molecule has 0 bridgehead atoms. The largest absolute Gasteiger partial charge is 0.355 e. The highest BCUT2D eigenvalue weighted by atomic mass is 35.5. The van der Waals surface area contributed by atoms with E-state index in [9.17, 15) is 18.0 Å². The average molecular weight is 563 g/mol. The predicted molar refractivity (Wildman–Crippen MR) is 147 cm³/mol. The van der Waals surface area contributed by atoms with Gasteiger partial charge in [0.25, 0.3) is 10.0 Å². The van der Waals surface area contributed by atoms with Gasteiger partial charge in [-0.25, -0.2) is 8.42 Å². The zero-order chi connectivity index (χ0) is 27.2. The minimum Gasteiger partial charge on any atom is -0.355 e. The van der Waals surface area contributed by atoms with Gasteiger partial charge in [-0.3, -0.25) is 13.9 Å². The Morgan fingerprint density at radius 3 is 2.24 bits per heavy atom. The van der Waals surface area contributed by atoms with Crippen molar-refractivity contribution in [1.82, 2.24) is 10.2 Å². The Hall–Kier alpha value is -3.07. The molecule has 7 nitrogen and oxygen atoms in total. The third kappa shape index (κ3) is 7.25. The van der Waals surface area contributed by atoms with E-state index in [1.807, 2.05) is 31.2 Å². The van der Waals surface area contributed by atoms with Gasteiger partial charge in [-0.2, -0.15) is 0 Å². The first-order valence-electron chi connectivity index (χ1n) is 11.7. The molecule has 2 amide bonds. The monoisotopic (exact) mass is 561 g/mol. The van der Waals surface area contributed by atoms with E-state index in [-0.39, 0.29) is 23.0 Å². The van der Waals surface area contributed by atoms with E-state index in [1.54, 1.807) is 32.0 Å². The number of rotatable bonds is 10.